The van der Waals surface area contributed by atoms with Crippen LogP contribution in [0.2, 0.25) is 0 Å². The Morgan fingerprint density at radius 1 is 1.25 bits per heavy atom. The molecule has 0 atom stereocenters. The van der Waals surface area contributed by atoms with Gasteiger partial charge in [0.25, 0.3) is 0 Å². The molecule has 5 nitrogen and oxygen atoms in total. The molecule has 1 heterocycles. The van der Waals surface area contributed by atoms with E-state index >= 15 is 0 Å². The fourth-order valence-corrected chi connectivity index (χ4v) is 3.33. The van der Waals surface area contributed by atoms with E-state index in [2.05, 4.69) is 5.32 Å². The predicted molar refractivity (Wildman–Crippen MR) is 85.8 cm³/mol. The minimum Gasteiger partial charge on any atom is -0.481 e. The molecule has 2 N–H and O–H groups in total. The molecule has 6 heteroatoms. The number of hydrogen-bond donors (Lipinski definition) is 2. The second-order valence-electron chi connectivity index (χ2n) is 6.40. The average molecular weight is 333 g/mol. The van der Waals surface area contributed by atoms with Crippen molar-refractivity contribution in [3.63, 3.8) is 0 Å². The van der Waals surface area contributed by atoms with Gasteiger partial charge in [0.1, 0.15) is 17.2 Å². The van der Waals surface area contributed by atoms with Crippen LogP contribution in [0.4, 0.5) is 4.39 Å². The third-order valence-electron chi connectivity index (χ3n) is 4.87. The highest BCUT2D eigenvalue weighted by molar-refractivity contribution is 5.83. The van der Waals surface area contributed by atoms with E-state index in [9.17, 15) is 14.0 Å². The van der Waals surface area contributed by atoms with E-state index in [1.807, 2.05) is 6.92 Å². The number of aliphatic carboxylic acids is 1. The van der Waals surface area contributed by atoms with Crippen molar-refractivity contribution < 1.29 is 23.5 Å². The predicted octanol–water partition coefficient (Wildman–Crippen LogP) is 3.39. The molecule has 0 aliphatic heterocycles. The zero-order valence-corrected chi connectivity index (χ0v) is 13.5. The molecule has 1 saturated carbocycles. The van der Waals surface area contributed by atoms with E-state index in [-0.39, 0.29) is 30.1 Å². The number of furan rings is 1. The topological polar surface area (TPSA) is 79.5 Å². The molecule has 1 aromatic carbocycles. The van der Waals surface area contributed by atoms with Crippen LogP contribution in [0.3, 0.4) is 0 Å². The van der Waals surface area contributed by atoms with Gasteiger partial charge in [-0.25, -0.2) is 4.39 Å². The Morgan fingerprint density at radius 3 is 2.58 bits per heavy atom. The maximum absolute atomic E-state index is 13.3. The van der Waals surface area contributed by atoms with Crippen LogP contribution < -0.4 is 5.32 Å². The number of fused-ring (bicyclic) bond motifs is 1. The van der Waals surface area contributed by atoms with E-state index in [0.29, 0.717) is 42.4 Å². The number of aryl methyl sites for hydroxylation is 1. The number of carbonyl (C=O) groups excluding carboxylic acids is 1. The first kappa shape index (κ1) is 16.5. The van der Waals surface area contributed by atoms with Gasteiger partial charge in [0.05, 0.1) is 12.5 Å². The lowest BCUT2D eigenvalue weighted by Gasteiger charge is -2.25. The summed E-state index contributed by atoms with van der Waals surface area (Å²) in [6.45, 7) is 2.09. The summed E-state index contributed by atoms with van der Waals surface area (Å²) in [4.78, 5) is 23.2. The molecule has 1 amide bonds. The highest BCUT2D eigenvalue weighted by Gasteiger charge is 2.29. The molecule has 0 spiro atoms. The molecule has 2 aromatic rings. The van der Waals surface area contributed by atoms with Crippen LogP contribution >= 0.6 is 0 Å². The van der Waals surface area contributed by atoms with Crippen molar-refractivity contribution in [2.24, 2.45) is 11.8 Å². The van der Waals surface area contributed by atoms with Gasteiger partial charge in [-0.1, -0.05) is 0 Å². The van der Waals surface area contributed by atoms with Crippen molar-refractivity contribution in [2.75, 3.05) is 0 Å². The quantitative estimate of drug-likeness (QED) is 0.899. The third kappa shape index (κ3) is 3.27. The lowest BCUT2D eigenvalue weighted by Crippen LogP contribution is -2.34. The maximum Gasteiger partial charge on any atom is 0.306 e. The first-order chi connectivity index (χ1) is 11.5. The standard InChI is InChI=1S/C18H20FNO4/c1-10-14-8-13(19)6-7-15(14)24-16(10)9-20-17(21)11-2-4-12(5-3-11)18(22)23/h6-8,11-12H,2-5,9H2,1H3,(H,20,21)(H,22,23). The monoisotopic (exact) mass is 333 g/mol. The van der Waals surface area contributed by atoms with Crippen molar-refractivity contribution in [3.8, 4) is 0 Å². The van der Waals surface area contributed by atoms with Gasteiger partial charge in [-0.3, -0.25) is 9.59 Å². The van der Waals surface area contributed by atoms with Crippen LogP contribution in [-0.2, 0) is 16.1 Å². The summed E-state index contributed by atoms with van der Waals surface area (Å²) in [7, 11) is 0. The van der Waals surface area contributed by atoms with Crippen LogP contribution in [0.5, 0.6) is 0 Å². The highest BCUT2D eigenvalue weighted by Crippen LogP contribution is 2.30. The van der Waals surface area contributed by atoms with Crippen LogP contribution in [0.25, 0.3) is 11.0 Å². The van der Waals surface area contributed by atoms with Crippen LogP contribution in [0, 0.1) is 24.6 Å². The van der Waals surface area contributed by atoms with E-state index in [0.717, 1.165) is 5.56 Å². The van der Waals surface area contributed by atoms with Crippen molar-refractivity contribution in [3.05, 3.63) is 35.3 Å². The minimum atomic E-state index is -0.779. The SMILES string of the molecule is Cc1c(CNC(=O)C2CCC(C(=O)O)CC2)oc2ccc(F)cc12. The van der Waals surface area contributed by atoms with Gasteiger partial charge < -0.3 is 14.8 Å². The summed E-state index contributed by atoms with van der Waals surface area (Å²) < 4.78 is 19.0. The number of rotatable bonds is 4. The lowest BCUT2D eigenvalue weighted by atomic mass is 9.81. The molecule has 0 radical (unpaired) electrons. The second-order valence-corrected chi connectivity index (χ2v) is 6.40. The lowest BCUT2D eigenvalue weighted by molar-refractivity contribution is -0.144. The first-order valence-corrected chi connectivity index (χ1v) is 8.13. The van der Waals surface area contributed by atoms with Gasteiger partial charge in [0.15, 0.2) is 0 Å². The molecular formula is C18H20FNO4. The van der Waals surface area contributed by atoms with Crippen molar-refractivity contribution in [2.45, 2.75) is 39.2 Å². The van der Waals surface area contributed by atoms with E-state index < -0.39 is 5.97 Å². The first-order valence-electron chi connectivity index (χ1n) is 8.13. The molecule has 1 aliphatic carbocycles. The summed E-state index contributed by atoms with van der Waals surface area (Å²) in [5.74, 6) is -1.05. The number of amides is 1. The zero-order chi connectivity index (χ0) is 17.3. The Balaban J connectivity index is 1.61. The highest BCUT2D eigenvalue weighted by atomic mass is 19.1. The van der Waals surface area contributed by atoms with Gasteiger partial charge >= 0.3 is 5.97 Å². The Kier molecular flexibility index (Phi) is 4.55. The van der Waals surface area contributed by atoms with Crippen molar-refractivity contribution in [1.82, 2.24) is 5.32 Å². The summed E-state index contributed by atoms with van der Waals surface area (Å²) in [5.41, 5.74) is 1.42. The van der Waals surface area contributed by atoms with Gasteiger partial charge in [0.2, 0.25) is 5.91 Å². The number of benzene rings is 1. The number of carboxylic acid groups (broad SMARTS) is 1. The Morgan fingerprint density at radius 2 is 1.92 bits per heavy atom. The molecule has 1 fully saturated rings. The van der Waals surface area contributed by atoms with Crippen molar-refractivity contribution >= 4 is 22.8 Å². The van der Waals surface area contributed by atoms with E-state index in [1.54, 1.807) is 6.07 Å². The Bertz CT molecular complexity index is 775. The van der Waals surface area contributed by atoms with E-state index in [4.69, 9.17) is 9.52 Å². The summed E-state index contributed by atoms with van der Waals surface area (Å²) in [5, 5.41) is 12.6. The second kappa shape index (κ2) is 6.63. The molecule has 3 rings (SSSR count). The number of carboxylic acids is 1. The molecule has 0 bridgehead atoms. The minimum absolute atomic E-state index is 0.0788. The van der Waals surface area contributed by atoms with Crippen molar-refractivity contribution in [1.29, 1.82) is 0 Å². The molecule has 1 aromatic heterocycles. The van der Waals surface area contributed by atoms with Gasteiger partial charge in [-0.15, -0.1) is 0 Å². The fourth-order valence-electron chi connectivity index (χ4n) is 3.33. The number of nitrogens with one attached hydrogen (secondary N) is 1. The number of carbonyl (C=O) groups is 2. The zero-order valence-electron chi connectivity index (χ0n) is 13.5. The molecule has 0 saturated heterocycles. The number of halogens is 1. The van der Waals surface area contributed by atoms with Gasteiger partial charge in [-0.2, -0.15) is 0 Å². The molecule has 128 valence electrons. The molecular weight excluding hydrogens is 313 g/mol. The third-order valence-corrected chi connectivity index (χ3v) is 4.87. The molecule has 24 heavy (non-hydrogen) atoms. The fraction of sp³-hybridized carbons (Fsp3) is 0.444. The molecule has 0 unspecified atom stereocenters. The van der Waals surface area contributed by atoms with Crippen LogP contribution in [0.1, 0.15) is 37.0 Å². The van der Waals surface area contributed by atoms with Crippen LogP contribution in [0.15, 0.2) is 22.6 Å². The molecule has 1 aliphatic rings. The van der Waals surface area contributed by atoms with E-state index in [1.165, 1.54) is 12.1 Å². The Labute approximate surface area is 138 Å². The van der Waals surface area contributed by atoms with Crippen LogP contribution in [-0.4, -0.2) is 17.0 Å². The number of hydrogen-bond acceptors (Lipinski definition) is 3. The Hall–Kier alpha value is -2.37. The average Bonchev–Trinajstić information content (AvgIpc) is 2.88. The normalized spacial score (nSPS) is 20.9. The summed E-state index contributed by atoms with van der Waals surface area (Å²) >= 11 is 0. The largest absolute Gasteiger partial charge is 0.481 e. The van der Waals surface area contributed by atoms with Gasteiger partial charge in [0, 0.05) is 16.9 Å². The maximum atomic E-state index is 13.3. The smallest absolute Gasteiger partial charge is 0.306 e. The van der Waals surface area contributed by atoms with Gasteiger partial charge in [-0.05, 0) is 50.8 Å². The summed E-state index contributed by atoms with van der Waals surface area (Å²) in [6.07, 6.45) is 2.26. The summed E-state index contributed by atoms with van der Waals surface area (Å²) in [6, 6.07) is 4.34.